The van der Waals surface area contributed by atoms with Crippen LogP contribution in [0.3, 0.4) is 0 Å². The van der Waals surface area contributed by atoms with Crippen LogP contribution in [-0.2, 0) is 32.6 Å². The second kappa shape index (κ2) is 12.6. The Balaban J connectivity index is 2.10. The molecule has 12 nitrogen and oxygen atoms in total. The number of carbonyl (C=O) groups is 2. The minimum atomic E-state index is -3.80. The van der Waals surface area contributed by atoms with E-state index in [9.17, 15) is 23.7 Å². The number of esters is 2. The number of nitrogens with zero attached hydrogens (tertiary/aromatic N) is 1. The van der Waals surface area contributed by atoms with Crippen LogP contribution >= 0.6 is 23.5 Å². The van der Waals surface area contributed by atoms with Crippen molar-refractivity contribution in [3.05, 3.63) is 79.3 Å². The highest BCUT2D eigenvalue weighted by Crippen LogP contribution is 2.59. The van der Waals surface area contributed by atoms with Crippen LogP contribution in [-0.4, -0.2) is 53.0 Å². The van der Waals surface area contributed by atoms with Crippen molar-refractivity contribution in [2.24, 2.45) is 0 Å². The molecule has 1 aromatic carbocycles. The molecule has 0 radical (unpaired) electrons. The molecule has 1 saturated heterocycles. The molecule has 0 bridgehead atoms. The van der Waals surface area contributed by atoms with Gasteiger partial charge in [-0.1, -0.05) is 18.2 Å². The molecule has 0 amide bonds. The van der Waals surface area contributed by atoms with Gasteiger partial charge >= 0.3 is 25.2 Å². The van der Waals surface area contributed by atoms with Gasteiger partial charge in [-0.3, -0.25) is 23.7 Å². The number of rotatable bonds is 10. The van der Waals surface area contributed by atoms with Gasteiger partial charge in [-0.25, -0.2) is 9.59 Å². The van der Waals surface area contributed by atoms with Gasteiger partial charge in [-0.2, -0.15) is 0 Å². The van der Waals surface area contributed by atoms with Crippen LogP contribution in [0.25, 0.3) is 0 Å². The topological polar surface area (TPSA) is 152 Å². The normalized spacial score (nSPS) is 22.0. The van der Waals surface area contributed by atoms with E-state index in [2.05, 4.69) is 20.9 Å². The Hall–Kier alpha value is -2.83. The highest BCUT2D eigenvalue weighted by molar-refractivity contribution is 9.13. The van der Waals surface area contributed by atoms with Crippen LogP contribution < -0.4 is 11.2 Å². The Kier molecular flexibility index (Phi) is 9.80. The summed E-state index contributed by atoms with van der Waals surface area (Å²) in [4.78, 5) is 51.2. The molecular formula is C23H26BrN2O10P. The molecule has 1 N–H and O–H groups in total. The molecule has 0 aliphatic carbocycles. The van der Waals surface area contributed by atoms with E-state index < -0.39 is 55.3 Å². The number of ether oxygens (including phenoxy) is 3. The van der Waals surface area contributed by atoms with Crippen LogP contribution in [0.5, 0.6) is 0 Å². The van der Waals surface area contributed by atoms with Crippen molar-refractivity contribution in [2.45, 2.75) is 45.3 Å². The molecular weight excluding hydrogens is 575 g/mol. The molecule has 1 fully saturated rings. The molecule has 2 aromatic rings. The molecule has 1 aliphatic heterocycles. The monoisotopic (exact) mass is 600 g/mol. The third-order valence-electron chi connectivity index (χ3n) is 5.07. The van der Waals surface area contributed by atoms with Gasteiger partial charge in [0.15, 0.2) is 18.4 Å². The summed E-state index contributed by atoms with van der Waals surface area (Å²) in [5, 5.41) is 0. The zero-order valence-electron chi connectivity index (χ0n) is 20.2. The first-order valence-corrected chi connectivity index (χ1v) is 13.6. The van der Waals surface area contributed by atoms with Gasteiger partial charge < -0.3 is 23.3 Å². The quantitative estimate of drug-likeness (QED) is 0.318. The van der Waals surface area contributed by atoms with Crippen molar-refractivity contribution < 1.29 is 37.4 Å². The summed E-state index contributed by atoms with van der Waals surface area (Å²) < 4.78 is 42.0. The third-order valence-corrected chi connectivity index (χ3v) is 8.50. The second-order valence-corrected chi connectivity index (χ2v) is 11.1. The number of nitrogens with one attached hydrogen (secondary N) is 1. The number of H-pyrrole nitrogens is 1. The highest BCUT2D eigenvalue weighted by Gasteiger charge is 2.50. The molecule has 200 valence electrons. The van der Waals surface area contributed by atoms with Gasteiger partial charge in [-0.05, 0) is 48.0 Å². The van der Waals surface area contributed by atoms with Gasteiger partial charge in [0.2, 0.25) is 0 Å². The van der Waals surface area contributed by atoms with E-state index in [-0.39, 0.29) is 23.0 Å². The molecule has 1 aliphatic rings. The second-order valence-electron chi connectivity index (χ2n) is 7.64. The van der Waals surface area contributed by atoms with E-state index >= 15 is 0 Å². The molecule has 4 atom stereocenters. The molecule has 0 unspecified atom stereocenters. The number of benzene rings is 1. The van der Waals surface area contributed by atoms with E-state index in [4.69, 9.17) is 23.3 Å². The Morgan fingerprint density at radius 3 is 2.30 bits per heavy atom. The van der Waals surface area contributed by atoms with E-state index in [0.29, 0.717) is 0 Å². The van der Waals surface area contributed by atoms with Crippen molar-refractivity contribution in [3.63, 3.8) is 0 Å². The van der Waals surface area contributed by atoms with Crippen molar-refractivity contribution in [3.8, 4) is 0 Å². The maximum atomic E-state index is 13.3. The van der Waals surface area contributed by atoms with Gasteiger partial charge in [0.25, 0.3) is 5.56 Å². The smallest absolute Gasteiger partial charge is 0.367 e. The van der Waals surface area contributed by atoms with Crippen LogP contribution in [0.1, 0.15) is 37.4 Å². The standard InChI is InChI=1S/C23H26BrN2O10P/c1-4-32-37(31,33-5-2)17(24)13-16-19(36-22(29)15-9-7-6-8-10-15)20(34-14(3)27)21(35-16)26-12-11-18(28)25-23(26)30/h6-13,16,19-21H,4-5H2,1-3H3,(H,25,28,30)/b17-13+/t16-,19-,20-,21-/m1/s1. The van der Waals surface area contributed by atoms with Gasteiger partial charge in [-0.15, -0.1) is 0 Å². The summed E-state index contributed by atoms with van der Waals surface area (Å²) in [6.45, 7) is 4.56. The van der Waals surface area contributed by atoms with Gasteiger partial charge in [0.1, 0.15) is 10.3 Å². The van der Waals surface area contributed by atoms with E-state index in [1.165, 1.54) is 18.2 Å². The van der Waals surface area contributed by atoms with E-state index in [1.54, 1.807) is 32.0 Å². The molecule has 0 spiro atoms. The summed E-state index contributed by atoms with van der Waals surface area (Å²) in [6, 6.07) is 9.14. The molecule has 1 aromatic heterocycles. The van der Waals surface area contributed by atoms with Crippen molar-refractivity contribution in [1.29, 1.82) is 0 Å². The van der Waals surface area contributed by atoms with Crippen LogP contribution in [0.15, 0.2) is 62.5 Å². The van der Waals surface area contributed by atoms with E-state index in [1.807, 2.05) is 0 Å². The Bertz CT molecular complexity index is 1300. The predicted octanol–water partition coefficient (Wildman–Crippen LogP) is 3.09. The maximum absolute atomic E-state index is 13.3. The van der Waals surface area contributed by atoms with Crippen LogP contribution in [0.4, 0.5) is 0 Å². The fourth-order valence-electron chi connectivity index (χ4n) is 3.60. The largest absolute Gasteiger partial charge is 0.454 e. The lowest BCUT2D eigenvalue weighted by atomic mass is 10.1. The SMILES string of the molecule is CCOP(=O)(OCC)/C(Br)=C/[C@H]1O[C@@H](n2ccc(=O)[nH]c2=O)[C@H](OC(C)=O)[C@@H]1OC(=O)c1ccccc1. The summed E-state index contributed by atoms with van der Waals surface area (Å²) in [5.41, 5.74) is -1.28. The average molecular weight is 601 g/mol. The number of hydrogen-bond acceptors (Lipinski definition) is 10. The predicted molar refractivity (Wildman–Crippen MR) is 134 cm³/mol. The number of carbonyl (C=O) groups excluding carboxylic acids is 2. The highest BCUT2D eigenvalue weighted by atomic mass is 79.9. The van der Waals surface area contributed by atoms with E-state index in [0.717, 1.165) is 23.8 Å². The number of hydrogen-bond donors (Lipinski definition) is 1. The summed E-state index contributed by atoms with van der Waals surface area (Å²) in [5.74, 6) is -1.50. The molecule has 37 heavy (non-hydrogen) atoms. The Labute approximate surface area is 220 Å². The average Bonchev–Trinajstić information content (AvgIpc) is 3.15. The maximum Gasteiger partial charge on any atom is 0.367 e. The number of aromatic nitrogens is 2. The fourth-order valence-corrected chi connectivity index (χ4v) is 5.80. The first kappa shape index (κ1) is 28.7. The number of halogens is 1. The lowest BCUT2D eigenvalue weighted by molar-refractivity contribution is -0.156. The minimum absolute atomic E-state index is 0.0227. The summed E-state index contributed by atoms with van der Waals surface area (Å²) >= 11 is 3.23. The molecule has 14 heteroatoms. The summed E-state index contributed by atoms with van der Waals surface area (Å²) in [6.07, 6.45) is -2.67. The zero-order chi connectivity index (χ0) is 27.2. The third kappa shape index (κ3) is 6.93. The first-order chi connectivity index (χ1) is 17.6. The van der Waals surface area contributed by atoms with Gasteiger partial charge in [0, 0.05) is 19.2 Å². The summed E-state index contributed by atoms with van der Waals surface area (Å²) in [7, 11) is -3.80. The molecule has 2 heterocycles. The lowest BCUT2D eigenvalue weighted by Crippen LogP contribution is -2.41. The Morgan fingerprint density at radius 2 is 1.73 bits per heavy atom. The van der Waals surface area contributed by atoms with Crippen molar-refractivity contribution >= 4 is 35.5 Å². The van der Waals surface area contributed by atoms with Crippen molar-refractivity contribution in [1.82, 2.24) is 9.55 Å². The van der Waals surface area contributed by atoms with Gasteiger partial charge in [0.05, 0.1) is 18.8 Å². The molecule has 3 rings (SSSR count). The lowest BCUT2D eigenvalue weighted by Gasteiger charge is -2.24. The first-order valence-electron chi connectivity index (χ1n) is 11.3. The fraction of sp³-hybridized carbons (Fsp3) is 0.391. The Morgan fingerprint density at radius 1 is 1.08 bits per heavy atom. The van der Waals surface area contributed by atoms with Crippen LogP contribution in [0, 0.1) is 0 Å². The zero-order valence-corrected chi connectivity index (χ0v) is 22.7. The van der Waals surface area contributed by atoms with Crippen molar-refractivity contribution in [2.75, 3.05) is 13.2 Å². The molecule has 0 saturated carbocycles. The minimum Gasteiger partial charge on any atom is -0.454 e. The van der Waals surface area contributed by atoms with Crippen LogP contribution in [0.2, 0.25) is 0 Å². The number of aromatic amines is 1.